The predicted octanol–water partition coefficient (Wildman–Crippen LogP) is 3.82. The van der Waals surface area contributed by atoms with E-state index in [1.807, 2.05) is 25.1 Å². The highest BCUT2D eigenvalue weighted by Gasteiger charge is 2.35. The molecule has 3 aromatic carbocycles. The standard InChI is InChI=1S/C26H28FN3O4S/c1-3-21(26(32)28-2)29(17-18-12-14-20(27)15-13-18)24(31)11-6-16-30-22-9-4-7-19-8-5-10-23(25(19)22)35(30,33)34/h4-5,7-10,12-15,21H,3,6,11,16-17H2,1-2H3,(H,28,32)/t21-/m0/s1. The number of amides is 2. The van der Waals surface area contributed by atoms with E-state index in [2.05, 4.69) is 5.32 Å². The van der Waals surface area contributed by atoms with Gasteiger partial charge in [0, 0.05) is 31.9 Å². The number of carbonyl (C=O) groups excluding carboxylic acids is 2. The van der Waals surface area contributed by atoms with E-state index < -0.39 is 16.1 Å². The first-order valence-corrected chi connectivity index (χ1v) is 13.0. The van der Waals surface area contributed by atoms with Gasteiger partial charge in [-0.15, -0.1) is 0 Å². The number of benzene rings is 3. The molecule has 7 nitrogen and oxygen atoms in total. The summed E-state index contributed by atoms with van der Waals surface area (Å²) in [6, 6.07) is 15.8. The van der Waals surface area contributed by atoms with Crippen molar-refractivity contribution in [2.24, 2.45) is 0 Å². The van der Waals surface area contributed by atoms with Crippen molar-refractivity contribution in [3.8, 4) is 0 Å². The van der Waals surface area contributed by atoms with Crippen LogP contribution >= 0.6 is 0 Å². The molecule has 4 rings (SSSR count). The fourth-order valence-corrected chi connectivity index (χ4v) is 6.34. The van der Waals surface area contributed by atoms with E-state index in [9.17, 15) is 22.4 Å². The Morgan fingerprint density at radius 3 is 2.40 bits per heavy atom. The molecule has 184 valence electrons. The molecule has 1 heterocycles. The number of sulfonamides is 1. The highest BCUT2D eigenvalue weighted by Crippen LogP contribution is 2.42. The first-order chi connectivity index (χ1) is 16.8. The lowest BCUT2D eigenvalue weighted by atomic mass is 10.1. The van der Waals surface area contributed by atoms with Crippen LogP contribution in [0.3, 0.4) is 0 Å². The van der Waals surface area contributed by atoms with Crippen molar-refractivity contribution in [3.63, 3.8) is 0 Å². The van der Waals surface area contributed by atoms with E-state index in [4.69, 9.17) is 0 Å². The number of hydrogen-bond acceptors (Lipinski definition) is 4. The van der Waals surface area contributed by atoms with Crippen molar-refractivity contribution in [2.75, 3.05) is 17.9 Å². The van der Waals surface area contributed by atoms with Crippen LogP contribution in [-0.4, -0.2) is 44.8 Å². The summed E-state index contributed by atoms with van der Waals surface area (Å²) in [5.74, 6) is -0.933. The minimum absolute atomic E-state index is 0.0625. The first-order valence-electron chi connectivity index (χ1n) is 11.6. The Bertz CT molecular complexity index is 1350. The summed E-state index contributed by atoms with van der Waals surface area (Å²) < 4.78 is 41.1. The molecule has 0 saturated heterocycles. The van der Waals surface area contributed by atoms with Gasteiger partial charge in [-0.1, -0.05) is 43.3 Å². The molecule has 0 aliphatic carbocycles. The highest BCUT2D eigenvalue weighted by atomic mass is 32.2. The Hall–Kier alpha value is -3.46. The van der Waals surface area contributed by atoms with E-state index in [1.165, 1.54) is 28.4 Å². The molecule has 35 heavy (non-hydrogen) atoms. The normalized spacial score (nSPS) is 14.7. The fraction of sp³-hybridized carbons (Fsp3) is 0.308. The summed E-state index contributed by atoms with van der Waals surface area (Å²) in [6.07, 6.45) is 0.754. The summed E-state index contributed by atoms with van der Waals surface area (Å²) in [5.41, 5.74) is 1.32. The SMILES string of the molecule is CC[C@@H](C(=O)NC)N(Cc1ccc(F)cc1)C(=O)CCCN1c2cccc3cccc(c23)S1(=O)=O. The van der Waals surface area contributed by atoms with E-state index in [-0.39, 0.29) is 48.5 Å². The van der Waals surface area contributed by atoms with Crippen LogP contribution in [0.15, 0.2) is 65.6 Å². The van der Waals surface area contributed by atoms with Crippen molar-refractivity contribution in [1.82, 2.24) is 10.2 Å². The van der Waals surface area contributed by atoms with Gasteiger partial charge in [-0.05, 0) is 48.1 Å². The van der Waals surface area contributed by atoms with Gasteiger partial charge in [0.05, 0.1) is 10.6 Å². The molecule has 0 saturated carbocycles. The van der Waals surface area contributed by atoms with Crippen LogP contribution in [0.1, 0.15) is 31.7 Å². The van der Waals surface area contributed by atoms with Gasteiger partial charge in [0.2, 0.25) is 11.8 Å². The second-order valence-electron chi connectivity index (χ2n) is 8.50. The van der Waals surface area contributed by atoms with Gasteiger partial charge in [0.1, 0.15) is 11.9 Å². The zero-order valence-corrected chi connectivity index (χ0v) is 20.5. The van der Waals surface area contributed by atoms with Crippen LogP contribution in [0.25, 0.3) is 10.8 Å². The van der Waals surface area contributed by atoms with Crippen LogP contribution in [0, 0.1) is 5.82 Å². The minimum atomic E-state index is -3.70. The molecular weight excluding hydrogens is 469 g/mol. The molecule has 1 atom stereocenters. The molecule has 3 aromatic rings. The minimum Gasteiger partial charge on any atom is -0.357 e. The van der Waals surface area contributed by atoms with Gasteiger partial charge in [0.25, 0.3) is 10.0 Å². The number of rotatable bonds is 9. The molecule has 0 bridgehead atoms. The van der Waals surface area contributed by atoms with Crippen molar-refractivity contribution in [3.05, 3.63) is 72.0 Å². The Kier molecular flexibility index (Phi) is 7.07. The van der Waals surface area contributed by atoms with E-state index >= 15 is 0 Å². The molecule has 0 unspecified atom stereocenters. The maximum absolute atomic E-state index is 13.3. The van der Waals surface area contributed by atoms with E-state index in [0.717, 1.165) is 5.39 Å². The lowest BCUT2D eigenvalue weighted by Crippen LogP contribution is -2.48. The molecule has 0 spiro atoms. The number of nitrogens with zero attached hydrogens (tertiary/aromatic N) is 2. The van der Waals surface area contributed by atoms with Gasteiger partial charge >= 0.3 is 0 Å². The molecule has 0 aromatic heterocycles. The van der Waals surface area contributed by atoms with Crippen LogP contribution in [-0.2, 0) is 26.2 Å². The number of anilines is 1. The zero-order valence-electron chi connectivity index (χ0n) is 19.7. The van der Waals surface area contributed by atoms with Gasteiger partial charge in [0.15, 0.2) is 0 Å². The van der Waals surface area contributed by atoms with Gasteiger partial charge in [-0.25, -0.2) is 12.8 Å². The maximum atomic E-state index is 13.3. The van der Waals surface area contributed by atoms with E-state index in [1.54, 1.807) is 30.3 Å². The highest BCUT2D eigenvalue weighted by molar-refractivity contribution is 7.93. The molecule has 0 radical (unpaired) electrons. The molecule has 0 fully saturated rings. The third-order valence-corrected chi connectivity index (χ3v) is 8.19. The van der Waals surface area contributed by atoms with Crippen LogP contribution < -0.4 is 9.62 Å². The van der Waals surface area contributed by atoms with Gasteiger partial charge in [-0.3, -0.25) is 13.9 Å². The average Bonchev–Trinajstić information content (AvgIpc) is 3.08. The van der Waals surface area contributed by atoms with Crippen LogP contribution in [0.4, 0.5) is 10.1 Å². The van der Waals surface area contributed by atoms with Crippen LogP contribution in [0.2, 0.25) is 0 Å². The Balaban J connectivity index is 1.51. The van der Waals surface area contributed by atoms with Gasteiger partial charge in [-0.2, -0.15) is 0 Å². The molecule has 2 amide bonds. The number of halogens is 1. The molecule has 1 aliphatic heterocycles. The molecule has 9 heteroatoms. The second kappa shape index (κ2) is 10.0. The zero-order chi connectivity index (χ0) is 25.2. The summed E-state index contributed by atoms with van der Waals surface area (Å²) in [4.78, 5) is 27.5. The first kappa shape index (κ1) is 24.7. The summed E-state index contributed by atoms with van der Waals surface area (Å²) in [6.45, 7) is 2.11. The largest absolute Gasteiger partial charge is 0.357 e. The molecule has 1 aliphatic rings. The summed E-state index contributed by atoms with van der Waals surface area (Å²) in [7, 11) is -2.18. The monoisotopic (exact) mass is 497 g/mol. The number of carbonyl (C=O) groups is 2. The molecular formula is C26H28FN3O4S. The summed E-state index contributed by atoms with van der Waals surface area (Å²) >= 11 is 0. The maximum Gasteiger partial charge on any atom is 0.265 e. The van der Waals surface area contributed by atoms with Crippen molar-refractivity contribution in [1.29, 1.82) is 0 Å². The third-order valence-electron chi connectivity index (χ3n) is 6.33. The fourth-order valence-electron chi connectivity index (χ4n) is 4.59. The summed E-state index contributed by atoms with van der Waals surface area (Å²) in [5, 5.41) is 4.15. The van der Waals surface area contributed by atoms with Gasteiger partial charge < -0.3 is 10.2 Å². The third kappa shape index (κ3) is 4.73. The number of likely N-dealkylation sites (N-methyl/N-ethyl adjacent to an activating group) is 1. The average molecular weight is 498 g/mol. The second-order valence-corrected chi connectivity index (χ2v) is 10.3. The molecule has 1 N–H and O–H groups in total. The van der Waals surface area contributed by atoms with Crippen molar-refractivity contribution >= 4 is 38.3 Å². The lowest BCUT2D eigenvalue weighted by Gasteiger charge is -2.30. The topological polar surface area (TPSA) is 86.8 Å². The number of nitrogens with one attached hydrogen (secondary N) is 1. The quantitative estimate of drug-likeness (QED) is 0.487. The smallest absolute Gasteiger partial charge is 0.265 e. The lowest BCUT2D eigenvalue weighted by molar-refractivity contribution is -0.141. The number of hydrogen-bond donors (Lipinski definition) is 1. The van der Waals surface area contributed by atoms with Crippen molar-refractivity contribution < 1.29 is 22.4 Å². The van der Waals surface area contributed by atoms with Crippen LogP contribution in [0.5, 0.6) is 0 Å². The van der Waals surface area contributed by atoms with E-state index in [0.29, 0.717) is 23.1 Å². The predicted molar refractivity (Wildman–Crippen MR) is 133 cm³/mol. The Morgan fingerprint density at radius 2 is 1.74 bits per heavy atom. The Labute approximate surface area is 204 Å². The Morgan fingerprint density at radius 1 is 1.06 bits per heavy atom. The van der Waals surface area contributed by atoms with Crippen molar-refractivity contribution in [2.45, 2.75) is 43.7 Å².